The highest BCUT2D eigenvalue weighted by Crippen LogP contribution is 2.37. The fourth-order valence-electron chi connectivity index (χ4n) is 2.66. The van der Waals surface area contributed by atoms with Crippen LogP contribution in [0, 0.1) is 11.8 Å². The molecule has 0 saturated heterocycles. The number of ether oxygens (including phenoxy) is 2. The first-order chi connectivity index (χ1) is 10.2. The molecule has 2 atom stereocenters. The van der Waals surface area contributed by atoms with Gasteiger partial charge in [0.15, 0.2) is 0 Å². The molecule has 0 spiro atoms. The van der Waals surface area contributed by atoms with E-state index in [1.165, 1.54) is 5.56 Å². The highest BCUT2D eigenvalue weighted by atomic mass is 16.5. The van der Waals surface area contributed by atoms with Gasteiger partial charge in [0.25, 0.3) is 0 Å². The van der Waals surface area contributed by atoms with Crippen LogP contribution in [0.25, 0.3) is 0 Å². The molecule has 1 heterocycles. The summed E-state index contributed by atoms with van der Waals surface area (Å²) < 4.78 is 11.4. The van der Waals surface area contributed by atoms with E-state index in [1.807, 2.05) is 6.92 Å². The summed E-state index contributed by atoms with van der Waals surface area (Å²) in [7, 11) is 1.70. The van der Waals surface area contributed by atoms with Gasteiger partial charge in [-0.2, -0.15) is 0 Å². The molecule has 0 aliphatic carbocycles. The Kier molecular flexibility index (Phi) is 5.49. The van der Waals surface area contributed by atoms with Crippen LogP contribution < -0.4 is 20.5 Å². The monoisotopic (exact) mass is 288 g/mol. The van der Waals surface area contributed by atoms with Crippen LogP contribution in [0.4, 0.5) is 0 Å². The normalized spacial score (nSPS) is 17.4. The lowest BCUT2D eigenvalue weighted by atomic mass is 10.0. The summed E-state index contributed by atoms with van der Waals surface area (Å²) in [5, 5.41) is 3.43. The highest BCUT2D eigenvalue weighted by molar-refractivity contribution is 5.50. The van der Waals surface area contributed by atoms with E-state index in [2.05, 4.69) is 36.2 Å². The topological polar surface area (TPSA) is 56.5 Å². The van der Waals surface area contributed by atoms with Crippen molar-refractivity contribution in [1.29, 1.82) is 0 Å². The van der Waals surface area contributed by atoms with E-state index in [9.17, 15) is 0 Å². The number of nitrogens with one attached hydrogen (secondary N) is 1. The SMILES string of the molecule is CC#CCCNC(CN)c1cc2c(cc1OC)CC(C)O2. The average molecular weight is 288 g/mol. The van der Waals surface area contributed by atoms with Gasteiger partial charge in [0, 0.05) is 43.1 Å². The minimum Gasteiger partial charge on any atom is -0.496 e. The predicted octanol–water partition coefficient (Wildman–Crippen LogP) is 2.02. The third-order valence-corrected chi connectivity index (χ3v) is 3.68. The van der Waals surface area contributed by atoms with Crippen LogP contribution in [-0.4, -0.2) is 26.3 Å². The molecular weight excluding hydrogens is 264 g/mol. The van der Waals surface area contributed by atoms with Gasteiger partial charge in [0.2, 0.25) is 0 Å². The van der Waals surface area contributed by atoms with Gasteiger partial charge >= 0.3 is 0 Å². The maximum absolute atomic E-state index is 5.92. The van der Waals surface area contributed by atoms with Crippen LogP contribution in [0.15, 0.2) is 12.1 Å². The molecule has 1 aliphatic rings. The van der Waals surface area contributed by atoms with Crippen molar-refractivity contribution in [2.75, 3.05) is 20.2 Å². The summed E-state index contributed by atoms with van der Waals surface area (Å²) >= 11 is 0. The van der Waals surface area contributed by atoms with Gasteiger partial charge in [-0.25, -0.2) is 0 Å². The maximum atomic E-state index is 5.92. The molecule has 0 fully saturated rings. The summed E-state index contributed by atoms with van der Waals surface area (Å²) in [6, 6.07) is 4.18. The molecule has 0 bridgehead atoms. The largest absolute Gasteiger partial charge is 0.496 e. The van der Waals surface area contributed by atoms with Crippen molar-refractivity contribution >= 4 is 0 Å². The third-order valence-electron chi connectivity index (χ3n) is 3.68. The fourth-order valence-corrected chi connectivity index (χ4v) is 2.66. The zero-order valence-corrected chi connectivity index (χ0v) is 13.0. The Morgan fingerprint density at radius 2 is 2.33 bits per heavy atom. The van der Waals surface area contributed by atoms with Gasteiger partial charge in [-0.1, -0.05) is 0 Å². The first-order valence-corrected chi connectivity index (χ1v) is 7.40. The van der Waals surface area contributed by atoms with Gasteiger partial charge < -0.3 is 20.5 Å². The number of fused-ring (bicyclic) bond motifs is 1. The number of hydrogen-bond donors (Lipinski definition) is 2. The van der Waals surface area contributed by atoms with Crippen molar-refractivity contribution in [1.82, 2.24) is 5.32 Å². The van der Waals surface area contributed by atoms with Crippen molar-refractivity contribution in [2.24, 2.45) is 5.73 Å². The summed E-state index contributed by atoms with van der Waals surface area (Å²) in [6.45, 7) is 5.24. The molecule has 1 aromatic rings. The number of nitrogens with two attached hydrogens (primary N) is 1. The Morgan fingerprint density at radius 3 is 3.00 bits per heavy atom. The zero-order chi connectivity index (χ0) is 15.2. The lowest BCUT2D eigenvalue weighted by Gasteiger charge is -2.20. The van der Waals surface area contributed by atoms with Gasteiger partial charge in [0.1, 0.15) is 17.6 Å². The molecule has 1 aromatic carbocycles. The molecule has 21 heavy (non-hydrogen) atoms. The first-order valence-electron chi connectivity index (χ1n) is 7.40. The molecule has 0 saturated carbocycles. The highest BCUT2D eigenvalue weighted by Gasteiger charge is 2.24. The lowest BCUT2D eigenvalue weighted by Crippen LogP contribution is -2.29. The Morgan fingerprint density at radius 1 is 1.52 bits per heavy atom. The number of benzene rings is 1. The number of hydrogen-bond acceptors (Lipinski definition) is 4. The van der Waals surface area contributed by atoms with Gasteiger partial charge in [-0.15, -0.1) is 11.8 Å². The van der Waals surface area contributed by atoms with Gasteiger partial charge in [0.05, 0.1) is 7.11 Å². The first kappa shape index (κ1) is 15.7. The van der Waals surface area contributed by atoms with Crippen molar-refractivity contribution in [3.8, 4) is 23.3 Å². The number of methoxy groups -OCH3 is 1. The minimum atomic E-state index is 0.0448. The molecular formula is C17H24N2O2. The fraction of sp³-hybridized carbons (Fsp3) is 0.529. The summed E-state index contributed by atoms with van der Waals surface area (Å²) in [6.07, 6.45) is 1.97. The van der Waals surface area contributed by atoms with Crippen LogP contribution in [0.2, 0.25) is 0 Å². The number of rotatable bonds is 6. The second-order valence-electron chi connectivity index (χ2n) is 5.25. The van der Waals surface area contributed by atoms with E-state index >= 15 is 0 Å². The van der Waals surface area contributed by atoms with E-state index < -0.39 is 0 Å². The van der Waals surface area contributed by atoms with Gasteiger partial charge in [-0.05, 0) is 26.0 Å². The Hall–Kier alpha value is -1.70. The summed E-state index contributed by atoms with van der Waals surface area (Å²) in [5.74, 6) is 7.76. The molecule has 0 aromatic heterocycles. The van der Waals surface area contributed by atoms with E-state index in [1.54, 1.807) is 7.11 Å². The van der Waals surface area contributed by atoms with Crippen LogP contribution in [0.1, 0.15) is 37.4 Å². The van der Waals surface area contributed by atoms with Crippen LogP contribution in [0.5, 0.6) is 11.5 Å². The van der Waals surface area contributed by atoms with Crippen molar-refractivity contribution in [3.63, 3.8) is 0 Å². The second-order valence-corrected chi connectivity index (χ2v) is 5.25. The van der Waals surface area contributed by atoms with Gasteiger partial charge in [-0.3, -0.25) is 0 Å². The standard InChI is InChI=1S/C17H24N2O2/c1-4-5-6-7-19-15(11-18)14-10-16-13(8-12(2)21-16)9-17(14)20-3/h9-10,12,15,19H,6-8,11,18H2,1-3H3. The van der Waals surface area contributed by atoms with E-state index in [-0.39, 0.29) is 12.1 Å². The Balaban J connectivity index is 2.19. The Labute approximate surface area is 127 Å². The molecule has 2 unspecified atom stereocenters. The zero-order valence-electron chi connectivity index (χ0n) is 13.0. The van der Waals surface area contributed by atoms with E-state index in [0.717, 1.165) is 36.4 Å². The molecule has 114 valence electrons. The smallest absolute Gasteiger partial charge is 0.124 e. The predicted molar refractivity (Wildman–Crippen MR) is 84.7 cm³/mol. The molecule has 0 radical (unpaired) electrons. The molecule has 4 heteroatoms. The quantitative estimate of drug-likeness (QED) is 0.621. The van der Waals surface area contributed by atoms with E-state index in [0.29, 0.717) is 6.54 Å². The van der Waals surface area contributed by atoms with Crippen molar-refractivity contribution in [2.45, 2.75) is 38.8 Å². The van der Waals surface area contributed by atoms with Crippen LogP contribution >= 0.6 is 0 Å². The minimum absolute atomic E-state index is 0.0448. The average Bonchev–Trinajstić information content (AvgIpc) is 2.85. The maximum Gasteiger partial charge on any atom is 0.124 e. The molecule has 3 N–H and O–H groups in total. The third kappa shape index (κ3) is 3.69. The summed E-state index contributed by atoms with van der Waals surface area (Å²) in [4.78, 5) is 0. The van der Waals surface area contributed by atoms with Crippen molar-refractivity contribution < 1.29 is 9.47 Å². The molecule has 2 rings (SSSR count). The van der Waals surface area contributed by atoms with Crippen LogP contribution in [-0.2, 0) is 6.42 Å². The lowest BCUT2D eigenvalue weighted by molar-refractivity contribution is 0.254. The summed E-state index contributed by atoms with van der Waals surface area (Å²) in [5.41, 5.74) is 8.18. The second kappa shape index (κ2) is 7.35. The van der Waals surface area contributed by atoms with E-state index in [4.69, 9.17) is 15.2 Å². The molecule has 0 amide bonds. The Bertz CT molecular complexity index is 546. The molecule has 1 aliphatic heterocycles. The van der Waals surface area contributed by atoms with Crippen molar-refractivity contribution in [3.05, 3.63) is 23.3 Å². The van der Waals surface area contributed by atoms with Crippen LogP contribution in [0.3, 0.4) is 0 Å². The molecule has 4 nitrogen and oxygen atoms in total.